The van der Waals surface area contributed by atoms with Crippen molar-refractivity contribution < 1.29 is 22.7 Å². The Morgan fingerprint density at radius 2 is 1.88 bits per heavy atom. The molecule has 0 saturated heterocycles. The molecule has 40 heavy (non-hydrogen) atoms. The van der Waals surface area contributed by atoms with Gasteiger partial charge in [-0.15, -0.1) is 11.3 Å². The average Bonchev–Trinajstić information content (AvgIpc) is 3.34. The van der Waals surface area contributed by atoms with E-state index in [0.29, 0.717) is 36.6 Å². The Bertz CT molecular complexity index is 1580. The third kappa shape index (κ3) is 7.91. The van der Waals surface area contributed by atoms with Crippen LogP contribution in [0.2, 0.25) is 0 Å². The first-order valence-electron chi connectivity index (χ1n) is 11.4. The first-order valence-corrected chi connectivity index (χ1v) is 13.9. The average molecular weight is 693 g/mol. The van der Waals surface area contributed by atoms with Gasteiger partial charge in [-0.3, -0.25) is 4.79 Å². The number of thiazole rings is 1. The molecule has 13 heteroatoms. The number of hydrogen-bond donors (Lipinski definition) is 2. The highest BCUT2D eigenvalue weighted by Crippen LogP contribution is 2.35. The van der Waals surface area contributed by atoms with Crippen molar-refractivity contribution in [3.63, 3.8) is 0 Å². The standard InChI is InChI=1S/C27H18Br2F3N5O2S/c28-22-8-16(9-23(29)25(22)39-14-18-5-2-1-4-17(18)12-33)13-34-37-24(38)11-21-15-40-26(36-21)35-20-7-3-6-19(10-20)27(30,31)32/h1-10,13,15H,11,14H2,(H,35,36)(H,37,38)/b34-13-. The number of nitrogens with one attached hydrogen (secondary N) is 2. The van der Waals surface area contributed by atoms with Crippen molar-refractivity contribution in [3.05, 3.63) is 103 Å². The van der Waals surface area contributed by atoms with E-state index in [1.54, 1.807) is 29.6 Å². The minimum absolute atomic E-state index is 0.0670. The molecule has 0 atom stereocenters. The number of hydrogen-bond acceptors (Lipinski definition) is 7. The summed E-state index contributed by atoms with van der Waals surface area (Å²) in [5.74, 6) is 0.133. The number of aromatic nitrogens is 1. The van der Waals surface area contributed by atoms with Gasteiger partial charge in [0.15, 0.2) is 5.13 Å². The van der Waals surface area contributed by atoms with E-state index in [4.69, 9.17) is 4.74 Å². The fourth-order valence-electron chi connectivity index (χ4n) is 3.42. The monoisotopic (exact) mass is 691 g/mol. The number of alkyl halides is 3. The molecule has 1 heterocycles. The zero-order valence-corrected chi connectivity index (χ0v) is 24.3. The van der Waals surface area contributed by atoms with Crippen LogP contribution < -0.4 is 15.5 Å². The van der Waals surface area contributed by atoms with Crippen LogP contribution in [0.3, 0.4) is 0 Å². The smallest absolute Gasteiger partial charge is 0.416 e. The largest absolute Gasteiger partial charge is 0.486 e. The molecule has 0 fully saturated rings. The fourth-order valence-corrected chi connectivity index (χ4v) is 5.60. The van der Waals surface area contributed by atoms with Crippen LogP contribution in [0.1, 0.15) is 27.9 Å². The van der Waals surface area contributed by atoms with E-state index >= 15 is 0 Å². The second kappa shape index (κ2) is 13.1. The predicted molar refractivity (Wildman–Crippen MR) is 154 cm³/mol. The van der Waals surface area contributed by atoms with Crippen LogP contribution in [-0.4, -0.2) is 17.1 Å². The number of nitrogens with zero attached hydrogens (tertiary/aromatic N) is 3. The van der Waals surface area contributed by atoms with Crippen molar-refractivity contribution in [2.24, 2.45) is 5.10 Å². The Morgan fingerprint density at radius 1 is 1.12 bits per heavy atom. The fraction of sp³-hybridized carbons (Fsp3) is 0.111. The number of benzene rings is 3. The highest BCUT2D eigenvalue weighted by atomic mass is 79.9. The second-order valence-electron chi connectivity index (χ2n) is 8.19. The maximum Gasteiger partial charge on any atom is 0.416 e. The van der Waals surface area contributed by atoms with Gasteiger partial charge >= 0.3 is 6.18 Å². The van der Waals surface area contributed by atoms with Crippen molar-refractivity contribution in [2.45, 2.75) is 19.2 Å². The molecule has 204 valence electrons. The summed E-state index contributed by atoms with van der Waals surface area (Å²) in [6.45, 7) is 0.207. The lowest BCUT2D eigenvalue weighted by Gasteiger charge is -2.12. The van der Waals surface area contributed by atoms with Crippen molar-refractivity contribution >= 4 is 66.1 Å². The molecule has 0 aliphatic rings. The summed E-state index contributed by atoms with van der Waals surface area (Å²) >= 11 is 8.12. The van der Waals surface area contributed by atoms with Gasteiger partial charge in [-0.1, -0.05) is 24.3 Å². The maximum absolute atomic E-state index is 12.9. The number of amides is 1. The Balaban J connectivity index is 1.31. The van der Waals surface area contributed by atoms with E-state index in [1.807, 2.05) is 12.1 Å². The van der Waals surface area contributed by atoms with Gasteiger partial charge in [0.05, 0.1) is 44.5 Å². The topological polar surface area (TPSA) is 99.4 Å². The lowest BCUT2D eigenvalue weighted by atomic mass is 10.1. The van der Waals surface area contributed by atoms with Crippen molar-refractivity contribution in [3.8, 4) is 11.8 Å². The third-order valence-corrected chi connectivity index (χ3v) is 7.25. The van der Waals surface area contributed by atoms with Gasteiger partial charge in [0, 0.05) is 16.6 Å². The summed E-state index contributed by atoms with van der Waals surface area (Å²) in [6.07, 6.45) is -3.05. The number of halogens is 5. The first kappa shape index (κ1) is 29.3. The van der Waals surface area contributed by atoms with Crippen LogP contribution in [-0.2, 0) is 24.0 Å². The van der Waals surface area contributed by atoms with Crippen molar-refractivity contribution in [1.29, 1.82) is 5.26 Å². The summed E-state index contributed by atoms with van der Waals surface area (Å²) in [5, 5.41) is 18.1. The molecule has 7 nitrogen and oxygen atoms in total. The highest BCUT2D eigenvalue weighted by molar-refractivity contribution is 9.11. The molecule has 0 aliphatic heterocycles. The van der Waals surface area contributed by atoms with Crippen LogP contribution in [0.5, 0.6) is 5.75 Å². The van der Waals surface area contributed by atoms with E-state index < -0.39 is 17.6 Å². The molecule has 0 bridgehead atoms. The molecule has 2 N–H and O–H groups in total. The summed E-state index contributed by atoms with van der Waals surface area (Å²) in [7, 11) is 0. The lowest BCUT2D eigenvalue weighted by molar-refractivity contribution is -0.137. The minimum Gasteiger partial charge on any atom is -0.486 e. The number of carbonyl (C=O) groups excluding carboxylic acids is 1. The molecule has 1 amide bonds. The molecule has 3 aromatic carbocycles. The molecule has 0 saturated carbocycles. The van der Waals surface area contributed by atoms with Gasteiger partial charge < -0.3 is 10.1 Å². The van der Waals surface area contributed by atoms with Crippen LogP contribution in [0.25, 0.3) is 0 Å². The Hall–Kier alpha value is -3.73. The quantitative estimate of drug-likeness (QED) is 0.139. The van der Waals surface area contributed by atoms with E-state index in [-0.39, 0.29) is 18.7 Å². The normalized spacial score (nSPS) is 11.3. The molecule has 4 aromatic rings. The lowest BCUT2D eigenvalue weighted by Crippen LogP contribution is -2.19. The molecule has 0 aliphatic carbocycles. The van der Waals surface area contributed by atoms with Gasteiger partial charge in [0.2, 0.25) is 5.91 Å². The number of nitriles is 1. The zero-order valence-electron chi connectivity index (χ0n) is 20.3. The van der Waals surface area contributed by atoms with Crippen LogP contribution in [0.15, 0.2) is 80.1 Å². The summed E-state index contributed by atoms with van der Waals surface area (Å²) in [4.78, 5) is 16.6. The van der Waals surface area contributed by atoms with Crippen LogP contribution >= 0.6 is 43.2 Å². The van der Waals surface area contributed by atoms with Gasteiger partial charge in [0.25, 0.3) is 0 Å². The molecule has 0 spiro atoms. The molecular weight excluding hydrogens is 675 g/mol. The predicted octanol–water partition coefficient (Wildman–Crippen LogP) is 7.57. The van der Waals surface area contributed by atoms with Crippen molar-refractivity contribution in [1.82, 2.24) is 10.4 Å². The molecule has 0 radical (unpaired) electrons. The van der Waals surface area contributed by atoms with Gasteiger partial charge in [-0.2, -0.15) is 23.5 Å². The highest BCUT2D eigenvalue weighted by Gasteiger charge is 2.30. The van der Waals surface area contributed by atoms with Crippen LogP contribution in [0, 0.1) is 11.3 Å². The first-order chi connectivity index (χ1) is 19.1. The molecular formula is C27H18Br2F3N5O2S. The molecule has 0 unspecified atom stereocenters. The van der Waals surface area contributed by atoms with Gasteiger partial charge in [-0.25, -0.2) is 10.4 Å². The number of rotatable bonds is 9. The Morgan fingerprint density at radius 3 is 2.60 bits per heavy atom. The summed E-state index contributed by atoms with van der Waals surface area (Å²) in [6, 6.07) is 17.6. The van der Waals surface area contributed by atoms with Gasteiger partial charge in [0.1, 0.15) is 12.4 Å². The Kier molecular flexibility index (Phi) is 9.57. The van der Waals surface area contributed by atoms with E-state index in [1.165, 1.54) is 29.7 Å². The van der Waals surface area contributed by atoms with Crippen molar-refractivity contribution in [2.75, 3.05) is 5.32 Å². The number of anilines is 2. The maximum atomic E-state index is 12.9. The van der Waals surface area contributed by atoms with E-state index in [0.717, 1.165) is 17.7 Å². The summed E-state index contributed by atoms with van der Waals surface area (Å²) < 4.78 is 45.9. The number of carbonyl (C=O) groups is 1. The van der Waals surface area contributed by atoms with Crippen LogP contribution in [0.4, 0.5) is 24.0 Å². The summed E-state index contributed by atoms with van der Waals surface area (Å²) in [5.41, 5.74) is 4.31. The second-order valence-corrected chi connectivity index (χ2v) is 10.8. The minimum atomic E-state index is -4.45. The number of hydrazone groups is 1. The van der Waals surface area contributed by atoms with E-state index in [2.05, 4.69) is 58.8 Å². The third-order valence-electron chi connectivity index (χ3n) is 5.27. The van der Waals surface area contributed by atoms with E-state index in [9.17, 15) is 23.2 Å². The zero-order chi connectivity index (χ0) is 28.7. The number of ether oxygens (including phenoxy) is 1. The SMILES string of the molecule is N#Cc1ccccc1COc1c(Br)cc(/C=N\NC(=O)Cc2csc(Nc3cccc(C(F)(F)F)c3)n2)cc1Br. The van der Waals surface area contributed by atoms with Gasteiger partial charge in [-0.05, 0) is 73.8 Å². The molecule has 1 aromatic heterocycles. The Labute approximate surface area is 248 Å². The molecule has 4 rings (SSSR count).